The van der Waals surface area contributed by atoms with Gasteiger partial charge in [0, 0.05) is 49.8 Å². The molecule has 0 spiro atoms. The molecule has 2 aliphatic heterocycles. The summed E-state index contributed by atoms with van der Waals surface area (Å²) >= 11 is 5.57. The zero-order valence-corrected chi connectivity index (χ0v) is 18.0. The van der Waals surface area contributed by atoms with Crippen LogP contribution in [0.3, 0.4) is 0 Å². The number of anilines is 3. The smallest absolute Gasteiger partial charge is 0.238 e. The average molecular weight is 449 g/mol. The van der Waals surface area contributed by atoms with Crippen LogP contribution in [0.4, 0.5) is 25.8 Å². The Kier molecular flexibility index (Phi) is 5.85. The van der Waals surface area contributed by atoms with Crippen molar-refractivity contribution >= 4 is 40.5 Å². The summed E-state index contributed by atoms with van der Waals surface area (Å²) in [6, 6.07) is 7.94. The van der Waals surface area contributed by atoms with Crippen molar-refractivity contribution in [3.05, 3.63) is 52.6 Å². The molecule has 2 aromatic carbocycles. The van der Waals surface area contributed by atoms with Gasteiger partial charge in [-0.05, 0) is 36.8 Å². The van der Waals surface area contributed by atoms with Crippen molar-refractivity contribution in [3.63, 3.8) is 0 Å². The maximum atomic E-state index is 13.8. The largest absolute Gasteiger partial charge is 0.369 e. The predicted molar refractivity (Wildman–Crippen MR) is 117 cm³/mol. The van der Waals surface area contributed by atoms with Crippen LogP contribution in [0.1, 0.15) is 12.5 Å². The molecule has 1 atom stereocenters. The lowest BCUT2D eigenvalue weighted by molar-refractivity contribution is -0.118. The van der Waals surface area contributed by atoms with Crippen LogP contribution >= 0.6 is 11.6 Å². The monoisotopic (exact) mass is 448 g/mol. The summed E-state index contributed by atoms with van der Waals surface area (Å²) in [6.07, 6.45) is 0.378. The fourth-order valence-corrected chi connectivity index (χ4v) is 4.20. The first-order chi connectivity index (χ1) is 14.7. The quantitative estimate of drug-likeness (QED) is 0.729. The van der Waals surface area contributed by atoms with E-state index < -0.39 is 16.7 Å². The molecule has 0 aromatic heterocycles. The number of likely N-dealkylation sites (N-methyl/N-ethyl adjacent to an activating group) is 1. The number of nitrogens with zero attached hydrogens (tertiary/aromatic N) is 3. The summed E-state index contributed by atoms with van der Waals surface area (Å²) in [5, 5.41) is 2.39. The molecule has 0 saturated carbocycles. The molecule has 1 fully saturated rings. The van der Waals surface area contributed by atoms with Crippen LogP contribution in [0.5, 0.6) is 0 Å². The first-order valence-electron chi connectivity index (χ1n) is 10.1. The highest BCUT2D eigenvalue weighted by Gasteiger charge is 2.27. The summed E-state index contributed by atoms with van der Waals surface area (Å²) in [5.41, 5.74) is 2.84. The molecule has 2 amide bonds. The molecule has 9 heteroatoms. The van der Waals surface area contributed by atoms with E-state index >= 15 is 0 Å². The Balaban J connectivity index is 1.36. The van der Waals surface area contributed by atoms with E-state index in [2.05, 4.69) is 5.32 Å². The molecule has 2 aromatic rings. The van der Waals surface area contributed by atoms with Gasteiger partial charge in [-0.3, -0.25) is 14.5 Å². The first kappa shape index (κ1) is 21.5. The molecular formula is C22H23ClF2N4O2. The Bertz CT molecular complexity index is 1030. The van der Waals surface area contributed by atoms with Gasteiger partial charge in [-0.2, -0.15) is 0 Å². The summed E-state index contributed by atoms with van der Waals surface area (Å²) in [6.45, 7) is 3.80. The predicted octanol–water partition coefficient (Wildman–Crippen LogP) is 3.29. The van der Waals surface area contributed by atoms with Gasteiger partial charge in [-0.15, -0.1) is 0 Å². The number of hydrogen-bond donors (Lipinski definition) is 1. The van der Waals surface area contributed by atoms with Crippen molar-refractivity contribution in [1.29, 1.82) is 0 Å². The molecule has 31 heavy (non-hydrogen) atoms. The second kappa shape index (κ2) is 8.43. The standard InChI is InChI=1S/C22H23ClF2N4O2/c1-13-11-29(16-9-17(24)22(23)18(25)10-16)6-5-28(13)12-20(30)26-15-4-3-14-7-21(31)27(2)19(14)8-15/h3-4,8-10,13H,5-7,11-12H2,1-2H3,(H,26,30)/t13-/m1/s1. The second-order valence-corrected chi connectivity index (χ2v) is 8.39. The number of fused-ring (bicyclic) bond motifs is 1. The molecule has 0 bridgehead atoms. The molecule has 0 aliphatic carbocycles. The molecule has 2 aliphatic rings. The van der Waals surface area contributed by atoms with E-state index in [-0.39, 0.29) is 24.4 Å². The highest BCUT2D eigenvalue weighted by atomic mass is 35.5. The number of benzene rings is 2. The molecular weight excluding hydrogens is 426 g/mol. The minimum atomic E-state index is -0.784. The summed E-state index contributed by atoms with van der Waals surface area (Å²) in [5.74, 6) is -1.69. The maximum absolute atomic E-state index is 13.8. The maximum Gasteiger partial charge on any atom is 0.238 e. The van der Waals surface area contributed by atoms with Gasteiger partial charge in [0.15, 0.2) is 0 Å². The van der Waals surface area contributed by atoms with Crippen LogP contribution in [-0.2, 0) is 16.0 Å². The number of rotatable bonds is 4. The van der Waals surface area contributed by atoms with Crippen molar-refractivity contribution in [2.24, 2.45) is 0 Å². The Hall–Kier alpha value is -2.71. The van der Waals surface area contributed by atoms with Crippen LogP contribution in [0.25, 0.3) is 0 Å². The van der Waals surface area contributed by atoms with Crippen molar-refractivity contribution in [1.82, 2.24) is 4.90 Å². The van der Waals surface area contributed by atoms with Gasteiger partial charge in [-0.1, -0.05) is 17.7 Å². The highest BCUT2D eigenvalue weighted by Crippen LogP contribution is 2.30. The molecule has 0 radical (unpaired) electrons. The third kappa shape index (κ3) is 4.36. The summed E-state index contributed by atoms with van der Waals surface area (Å²) in [4.78, 5) is 29.9. The van der Waals surface area contributed by atoms with Gasteiger partial charge >= 0.3 is 0 Å². The van der Waals surface area contributed by atoms with Crippen molar-refractivity contribution in [2.45, 2.75) is 19.4 Å². The Morgan fingerprint density at radius 2 is 1.90 bits per heavy atom. The van der Waals surface area contributed by atoms with Gasteiger partial charge in [-0.25, -0.2) is 8.78 Å². The van der Waals surface area contributed by atoms with Gasteiger partial charge in [0.1, 0.15) is 16.7 Å². The van der Waals surface area contributed by atoms with Crippen LogP contribution in [-0.4, -0.2) is 56.0 Å². The first-order valence-corrected chi connectivity index (χ1v) is 10.4. The second-order valence-electron chi connectivity index (χ2n) is 8.01. The van der Waals surface area contributed by atoms with Gasteiger partial charge in [0.2, 0.25) is 11.8 Å². The minimum absolute atomic E-state index is 0.00470. The van der Waals surface area contributed by atoms with E-state index in [9.17, 15) is 18.4 Å². The van der Waals surface area contributed by atoms with Crippen molar-refractivity contribution in [3.8, 4) is 0 Å². The molecule has 1 saturated heterocycles. The van der Waals surface area contributed by atoms with E-state index in [0.717, 1.165) is 11.3 Å². The Morgan fingerprint density at radius 3 is 2.58 bits per heavy atom. The van der Waals surface area contributed by atoms with E-state index in [1.165, 1.54) is 12.1 Å². The number of carbonyl (C=O) groups excluding carboxylic acids is 2. The van der Waals surface area contributed by atoms with E-state index in [1.54, 1.807) is 18.0 Å². The van der Waals surface area contributed by atoms with Gasteiger partial charge in [0.25, 0.3) is 0 Å². The minimum Gasteiger partial charge on any atom is -0.369 e. The molecule has 2 heterocycles. The molecule has 164 valence electrons. The number of nitrogens with one attached hydrogen (secondary N) is 1. The fraction of sp³-hybridized carbons (Fsp3) is 0.364. The van der Waals surface area contributed by atoms with E-state index in [1.807, 2.05) is 28.9 Å². The van der Waals surface area contributed by atoms with Crippen LogP contribution in [0, 0.1) is 11.6 Å². The van der Waals surface area contributed by atoms with E-state index in [4.69, 9.17) is 11.6 Å². The van der Waals surface area contributed by atoms with Crippen LogP contribution in [0.2, 0.25) is 5.02 Å². The lowest BCUT2D eigenvalue weighted by Gasteiger charge is -2.40. The summed E-state index contributed by atoms with van der Waals surface area (Å²) < 4.78 is 27.6. The Morgan fingerprint density at radius 1 is 1.19 bits per heavy atom. The molecule has 6 nitrogen and oxygen atoms in total. The fourth-order valence-electron chi connectivity index (χ4n) is 4.09. The Labute approximate surface area is 184 Å². The average Bonchev–Trinajstić information content (AvgIpc) is 3.01. The topological polar surface area (TPSA) is 55.9 Å². The highest BCUT2D eigenvalue weighted by molar-refractivity contribution is 6.31. The van der Waals surface area contributed by atoms with Crippen LogP contribution < -0.4 is 15.1 Å². The number of amides is 2. The number of piperazine rings is 1. The molecule has 1 N–H and O–H groups in total. The van der Waals surface area contributed by atoms with Crippen molar-refractivity contribution in [2.75, 3.05) is 48.3 Å². The SMILES string of the molecule is C[C@@H]1CN(c2cc(F)c(Cl)c(F)c2)CCN1CC(=O)Nc1ccc2c(c1)N(C)C(=O)C2. The molecule has 4 rings (SSSR count). The normalized spacial score (nSPS) is 19.0. The third-order valence-corrected chi connectivity index (χ3v) is 6.25. The third-order valence-electron chi connectivity index (χ3n) is 5.89. The summed E-state index contributed by atoms with van der Waals surface area (Å²) in [7, 11) is 1.72. The zero-order chi connectivity index (χ0) is 22.3. The number of hydrogen-bond acceptors (Lipinski definition) is 4. The van der Waals surface area contributed by atoms with Crippen molar-refractivity contribution < 1.29 is 18.4 Å². The van der Waals surface area contributed by atoms with E-state index in [0.29, 0.717) is 37.4 Å². The zero-order valence-electron chi connectivity index (χ0n) is 17.3. The molecule has 0 unspecified atom stereocenters. The van der Waals surface area contributed by atoms with Gasteiger partial charge < -0.3 is 15.1 Å². The van der Waals surface area contributed by atoms with Crippen LogP contribution in [0.15, 0.2) is 30.3 Å². The number of halogens is 3. The lowest BCUT2D eigenvalue weighted by Crippen LogP contribution is -2.53. The number of carbonyl (C=O) groups is 2. The van der Waals surface area contributed by atoms with Gasteiger partial charge in [0.05, 0.1) is 13.0 Å². The lowest BCUT2D eigenvalue weighted by atomic mass is 10.1.